The smallest absolute Gasteiger partial charge is 0.265 e. The number of methoxy groups -OCH3 is 1. The molecule has 3 aromatic rings. The maximum absolute atomic E-state index is 14.0. The van der Waals surface area contributed by atoms with Gasteiger partial charge in [0.25, 0.3) is 5.91 Å². The molecule has 0 saturated carbocycles. The van der Waals surface area contributed by atoms with Crippen LogP contribution in [0.4, 0.5) is 15.9 Å². The van der Waals surface area contributed by atoms with Crippen LogP contribution in [0.1, 0.15) is 31.9 Å². The quantitative estimate of drug-likeness (QED) is 0.677. The van der Waals surface area contributed by atoms with Crippen molar-refractivity contribution in [1.82, 2.24) is 9.97 Å². The maximum Gasteiger partial charge on any atom is 0.265 e. The molecular formula is C21H21FN4O3. The molecule has 0 radical (unpaired) electrons. The van der Waals surface area contributed by atoms with E-state index in [1.54, 1.807) is 6.07 Å². The Morgan fingerprint density at radius 3 is 2.90 bits per heavy atom. The fraction of sp³-hybridized carbons (Fsp3) is 0.286. The highest BCUT2D eigenvalue weighted by Gasteiger charge is 2.26. The van der Waals surface area contributed by atoms with Crippen LogP contribution in [0, 0.1) is 5.82 Å². The van der Waals surface area contributed by atoms with E-state index >= 15 is 0 Å². The molecule has 2 unspecified atom stereocenters. The number of amides is 1. The van der Waals surface area contributed by atoms with Gasteiger partial charge in [-0.2, -0.15) is 0 Å². The zero-order chi connectivity index (χ0) is 20.5. The lowest BCUT2D eigenvalue weighted by Gasteiger charge is -2.26. The maximum atomic E-state index is 14.0. The van der Waals surface area contributed by atoms with Crippen LogP contribution >= 0.6 is 0 Å². The molecule has 0 bridgehead atoms. The molecule has 29 heavy (non-hydrogen) atoms. The first-order valence-corrected chi connectivity index (χ1v) is 9.36. The van der Waals surface area contributed by atoms with Crippen LogP contribution in [0.2, 0.25) is 0 Å². The van der Waals surface area contributed by atoms with Crippen LogP contribution in [0.15, 0.2) is 36.7 Å². The van der Waals surface area contributed by atoms with Gasteiger partial charge < -0.3 is 20.1 Å². The van der Waals surface area contributed by atoms with E-state index in [1.807, 2.05) is 32.0 Å². The molecule has 0 fully saturated rings. The molecule has 1 amide bonds. The van der Waals surface area contributed by atoms with Crippen molar-refractivity contribution in [3.05, 3.63) is 48.0 Å². The lowest BCUT2D eigenvalue weighted by molar-refractivity contribution is -0.123. The van der Waals surface area contributed by atoms with Gasteiger partial charge in [0, 0.05) is 11.5 Å². The monoisotopic (exact) mass is 396 g/mol. The zero-order valence-electron chi connectivity index (χ0n) is 16.3. The Hall–Kier alpha value is -3.42. The van der Waals surface area contributed by atoms with Gasteiger partial charge in [-0.15, -0.1) is 0 Å². The predicted molar refractivity (Wildman–Crippen MR) is 108 cm³/mol. The van der Waals surface area contributed by atoms with E-state index in [9.17, 15) is 9.18 Å². The first kappa shape index (κ1) is 18.9. The highest BCUT2D eigenvalue weighted by atomic mass is 19.1. The highest BCUT2D eigenvalue weighted by molar-refractivity contribution is 5.97. The molecule has 1 aliphatic heterocycles. The molecular weight excluding hydrogens is 375 g/mol. The van der Waals surface area contributed by atoms with Crippen molar-refractivity contribution in [1.29, 1.82) is 0 Å². The number of fused-ring (bicyclic) bond motifs is 2. The largest absolute Gasteiger partial charge is 0.494 e. The van der Waals surface area contributed by atoms with Gasteiger partial charge in [0.1, 0.15) is 17.9 Å². The summed E-state index contributed by atoms with van der Waals surface area (Å²) in [5.74, 6) is 0.731. The van der Waals surface area contributed by atoms with E-state index in [0.29, 0.717) is 34.6 Å². The van der Waals surface area contributed by atoms with Crippen molar-refractivity contribution in [3.63, 3.8) is 0 Å². The number of ether oxygens (including phenoxy) is 2. The molecule has 0 aliphatic carbocycles. The van der Waals surface area contributed by atoms with Crippen LogP contribution in [-0.4, -0.2) is 29.1 Å². The number of hydrogen-bond acceptors (Lipinski definition) is 6. The minimum Gasteiger partial charge on any atom is -0.494 e. The molecule has 2 atom stereocenters. The second-order valence-electron chi connectivity index (χ2n) is 6.85. The van der Waals surface area contributed by atoms with Crippen LogP contribution in [0.3, 0.4) is 0 Å². The Balaban J connectivity index is 1.63. The van der Waals surface area contributed by atoms with Gasteiger partial charge in [-0.25, -0.2) is 14.4 Å². The molecule has 150 valence electrons. The number of carbonyl (C=O) groups excluding carboxylic acids is 1. The fourth-order valence-electron chi connectivity index (χ4n) is 3.32. The third kappa shape index (κ3) is 3.53. The molecule has 8 heteroatoms. The van der Waals surface area contributed by atoms with Gasteiger partial charge >= 0.3 is 0 Å². The number of halogens is 1. The van der Waals surface area contributed by atoms with Crippen LogP contribution in [0.25, 0.3) is 10.9 Å². The number of anilines is 2. The summed E-state index contributed by atoms with van der Waals surface area (Å²) < 4.78 is 24.9. The molecule has 1 aliphatic rings. The van der Waals surface area contributed by atoms with E-state index in [0.717, 1.165) is 5.56 Å². The van der Waals surface area contributed by atoms with Crippen LogP contribution < -0.4 is 20.1 Å². The van der Waals surface area contributed by atoms with E-state index in [4.69, 9.17) is 9.47 Å². The molecule has 7 nitrogen and oxygen atoms in total. The van der Waals surface area contributed by atoms with Gasteiger partial charge in [0.05, 0.1) is 24.4 Å². The molecule has 4 rings (SSSR count). The standard InChI is InChI=1S/C21H21FN4O3/c1-4-17-21(27)26-15-6-5-12(7-19(15)29-17)11(2)25-20-13-8-18(28-3)14(22)9-16(13)23-10-24-20/h5-11,17H,4H2,1-3H3,(H,26,27)(H,23,24,25). The molecule has 0 spiro atoms. The summed E-state index contributed by atoms with van der Waals surface area (Å²) in [6.07, 6.45) is 1.49. The summed E-state index contributed by atoms with van der Waals surface area (Å²) in [7, 11) is 1.42. The second kappa shape index (κ2) is 7.54. The molecule has 2 N–H and O–H groups in total. The first-order valence-electron chi connectivity index (χ1n) is 9.36. The van der Waals surface area contributed by atoms with Crippen molar-refractivity contribution in [2.75, 3.05) is 17.7 Å². The predicted octanol–water partition coefficient (Wildman–Crippen LogP) is 4.06. The number of nitrogens with zero attached hydrogens (tertiary/aromatic N) is 2. The van der Waals surface area contributed by atoms with E-state index in [1.165, 1.54) is 19.5 Å². The summed E-state index contributed by atoms with van der Waals surface area (Å²) in [6.45, 7) is 3.88. The van der Waals surface area contributed by atoms with Gasteiger partial charge in [-0.3, -0.25) is 4.79 Å². The van der Waals surface area contributed by atoms with E-state index in [2.05, 4.69) is 20.6 Å². The average Bonchev–Trinajstić information content (AvgIpc) is 2.72. The summed E-state index contributed by atoms with van der Waals surface area (Å²) in [6, 6.07) is 8.41. The average molecular weight is 396 g/mol. The Kier molecular flexibility index (Phi) is 4.92. The Morgan fingerprint density at radius 2 is 2.14 bits per heavy atom. The SMILES string of the molecule is CCC1Oc2cc(C(C)Nc3ncnc4cc(F)c(OC)cc34)ccc2NC1=O. The van der Waals surface area contributed by atoms with Gasteiger partial charge in [0.15, 0.2) is 17.7 Å². The Bertz CT molecular complexity index is 1090. The van der Waals surface area contributed by atoms with Gasteiger partial charge in [0.2, 0.25) is 0 Å². The van der Waals surface area contributed by atoms with Crippen LogP contribution in [0.5, 0.6) is 11.5 Å². The van der Waals surface area contributed by atoms with Gasteiger partial charge in [-0.05, 0) is 37.1 Å². The lowest BCUT2D eigenvalue weighted by Crippen LogP contribution is -2.36. The van der Waals surface area contributed by atoms with E-state index < -0.39 is 11.9 Å². The van der Waals surface area contributed by atoms with Crippen molar-refractivity contribution in [2.45, 2.75) is 32.4 Å². The minimum absolute atomic E-state index is 0.129. The third-order valence-electron chi connectivity index (χ3n) is 4.96. The second-order valence-corrected chi connectivity index (χ2v) is 6.85. The number of benzene rings is 2. The molecule has 0 saturated heterocycles. The number of nitrogens with one attached hydrogen (secondary N) is 2. The molecule has 1 aromatic heterocycles. The topological polar surface area (TPSA) is 85.4 Å². The number of rotatable bonds is 5. The van der Waals surface area contributed by atoms with Crippen molar-refractivity contribution >= 4 is 28.3 Å². The Morgan fingerprint density at radius 1 is 1.31 bits per heavy atom. The molecule has 2 aromatic carbocycles. The normalized spacial score (nSPS) is 16.6. The third-order valence-corrected chi connectivity index (χ3v) is 4.96. The summed E-state index contributed by atoms with van der Waals surface area (Å²) in [5, 5.41) is 6.86. The summed E-state index contributed by atoms with van der Waals surface area (Å²) >= 11 is 0. The van der Waals surface area contributed by atoms with E-state index in [-0.39, 0.29) is 17.7 Å². The Labute approximate surface area is 167 Å². The highest BCUT2D eigenvalue weighted by Crippen LogP contribution is 2.34. The first-order chi connectivity index (χ1) is 14.0. The lowest BCUT2D eigenvalue weighted by atomic mass is 10.1. The number of aromatic nitrogens is 2. The summed E-state index contributed by atoms with van der Waals surface area (Å²) in [4.78, 5) is 20.4. The van der Waals surface area contributed by atoms with Crippen LogP contribution in [-0.2, 0) is 4.79 Å². The summed E-state index contributed by atoms with van der Waals surface area (Å²) in [5.41, 5.74) is 2.09. The minimum atomic E-state index is -0.491. The van der Waals surface area contributed by atoms with Gasteiger partial charge in [-0.1, -0.05) is 13.0 Å². The molecule has 2 heterocycles. The number of hydrogen-bond donors (Lipinski definition) is 2. The van der Waals surface area contributed by atoms with Crippen molar-refractivity contribution < 1.29 is 18.7 Å². The zero-order valence-corrected chi connectivity index (χ0v) is 16.3. The number of carbonyl (C=O) groups is 1. The van der Waals surface area contributed by atoms with Crippen molar-refractivity contribution in [2.24, 2.45) is 0 Å². The van der Waals surface area contributed by atoms with Crippen molar-refractivity contribution in [3.8, 4) is 11.5 Å². The fourth-order valence-corrected chi connectivity index (χ4v) is 3.32.